The topological polar surface area (TPSA) is 94.0 Å². The normalized spacial score (nSPS) is 9.14. The monoisotopic (exact) mass is 199 g/mol. The third kappa shape index (κ3) is 5.25. The Kier molecular flexibility index (Phi) is 6.30. The molecule has 0 saturated heterocycles. The number of carbonyl (C=O) groups excluding carboxylic acids is 1. The third-order valence-electron chi connectivity index (χ3n) is 1.34. The quantitative estimate of drug-likeness (QED) is 0.373. The van der Waals surface area contributed by atoms with Gasteiger partial charge in [0.25, 0.3) is 0 Å². The Hall–Kier alpha value is -1.44. The molecule has 0 rings (SSSR count). The Morgan fingerprint density at radius 3 is 2.64 bits per heavy atom. The molecule has 3 N–H and O–H groups in total. The molecule has 14 heavy (non-hydrogen) atoms. The maximum absolute atomic E-state index is 11.2. The molecule has 0 atom stereocenters. The van der Waals surface area contributed by atoms with Crippen LogP contribution in [0.15, 0.2) is 4.90 Å². The second kappa shape index (κ2) is 7.02. The second-order valence-corrected chi connectivity index (χ2v) is 2.41. The number of hydrogen-bond acceptors (Lipinski definition) is 4. The van der Waals surface area contributed by atoms with Crippen LogP contribution in [0.3, 0.4) is 0 Å². The molecule has 0 heterocycles. The summed E-state index contributed by atoms with van der Waals surface area (Å²) in [6, 6.07) is 0. The molecule has 0 fully saturated rings. The van der Waals surface area contributed by atoms with Crippen LogP contribution in [0.25, 0.3) is 0 Å². The molecule has 0 aliphatic heterocycles. The van der Waals surface area contributed by atoms with Crippen molar-refractivity contribution in [3.8, 4) is 0 Å². The van der Waals surface area contributed by atoms with Gasteiger partial charge in [0.1, 0.15) is 0 Å². The van der Waals surface area contributed by atoms with Crippen molar-refractivity contribution < 1.29 is 14.7 Å². The van der Waals surface area contributed by atoms with E-state index in [1.165, 1.54) is 0 Å². The van der Waals surface area contributed by atoms with Crippen LogP contribution >= 0.6 is 0 Å². The fraction of sp³-hybridized carbons (Fsp3) is 0.667. The van der Waals surface area contributed by atoms with Gasteiger partial charge in [-0.25, -0.2) is 0 Å². The Morgan fingerprint density at radius 2 is 2.21 bits per heavy atom. The van der Waals surface area contributed by atoms with Crippen LogP contribution in [0.2, 0.25) is 0 Å². The second-order valence-electron chi connectivity index (χ2n) is 2.41. The van der Waals surface area contributed by atoms with Crippen LogP contribution in [-0.2, 0) is 4.79 Å². The number of hydrazine groups is 1. The predicted molar refractivity (Wildman–Crippen MR) is 49.8 cm³/mol. The summed E-state index contributed by atoms with van der Waals surface area (Å²) >= 11 is 0. The summed E-state index contributed by atoms with van der Waals surface area (Å²) in [5.74, 6) is -0.495. The van der Waals surface area contributed by atoms with E-state index in [0.717, 1.165) is 5.01 Å². The number of nitrogens with zero attached hydrogens (tertiary/aromatic N) is 2. The standard InChI is InChI=1S/C6H12BN4O3/c1-8-2-3-11(10-6(13)14)5(12)4-9-7/h8,10H,2-4H2,1H3,(H,13,14). The summed E-state index contributed by atoms with van der Waals surface area (Å²) < 4.78 is 0. The molecule has 0 saturated carbocycles. The molecule has 7 nitrogen and oxygen atoms in total. The minimum atomic E-state index is -1.30. The van der Waals surface area contributed by atoms with E-state index < -0.39 is 12.0 Å². The Labute approximate surface area is 82.6 Å². The summed E-state index contributed by atoms with van der Waals surface area (Å²) in [4.78, 5) is 24.6. The molecule has 0 aromatic carbocycles. The molecule has 0 aliphatic carbocycles. The van der Waals surface area contributed by atoms with Crippen LogP contribution in [0.5, 0.6) is 0 Å². The molecule has 0 spiro atoms. The minimum absolute atomic E-state index is 0.219. The van der Waals surface area contributed by atoms with Crippen molar-refractivity contribution in [1.82, 2.24) is 15.8 Å². The summed E-state index contributed by atoms with van der Waals surface area (Å²) in [5, 5.41) is 12.1. The Balaban J connectivity index is 4.14. The number of nitrogens with one attached hydrogen (secondary N) is 2. The van der Waals surface area contributed by atoms with Gasteiger partial charge in [-0.3, -0.25) is 0 Å². The molecule has 1 radical (unpaired) electrons. The average Bonchev–Trinajstić information content (AvgIpc) is 2.12. The number of carbonyl (C=O) groups is 2. The summed E-state index contributed by atoms with van der Waals surface area (Å²) in [7, 11) is 6.50. The van der Waals surface area contributed by atoms with E-state index in [-0.39, 0.29) is 13.1 Å². The van der Waals surface area contributed by atoms with E-state index in [9.17, 15) is 9.59 Å². The van der Waals surface area contributed by atoms with Gasteiger partial charge in [-0.1, -0.05) is 0 Å². The molecule has 0 aromatic rings. The number of likely N-dealkylation sites (N-methyl/N-ethyl adjacent to an activating group) is 1. The van der Waals surface area contributed by atoms with Crippen molar-refractivity contribution in [1.29, 1.82) is 0 Å². The van der Waals surface area contributed by atoms with E-state index in [4.69, 9.17) is 12.7 Å². The van der Waals surface area contributed by atoms with Gasteiger partial charge in [0.2, 0.25) is 0 Å². The van der Waals surface area contributed by atoms with E-state index in [1.54, 1.807) is 7.05 Å². The summed E-state index contributed by atoms with van der Waals surface area (Å²) in [6.45, 7) is 0.442. The molecule has 0 unspecified atom stereocenters. The zero-order valence-electron chi connectivity index (χ0n) is 7.86. The maximum atomic E-state index is 11.2. The molecule has 0 bridgehead atoms. The van der Waals surface area contributed by atoms with Crippen LogP contribution in [0, 0.1) is 0 Å². The van der Waals surface area contributed by atoms with Crippen molar-refractivity contribution >= 4 is 19.6 Å². The molecule has 77 valence electrons. The van der Waals surface area contributed by atoms with Crippen molar-refractivity contribution in [3.05, 3.63) is 0 Å². The SMILES string of the molecule is [B]=NCC(=O)N(CCNC)NC(=O)O. The Bertz CT molecular complexity index is 223. The molecule has 8 heteroatoms. The Morgan fingerprint density at radius 1 is 1.57 bits per heavy atom. The van der Waals surface area contributed by atoms with E-state index in [0.29, 0.717) is 6.54 Å². The van der Waals surface area contributed by atoms with Gasteiger partial charge in [-0.2, -0.15) is 0 Å². The van der Waals surface area contributed by atoms with Gasteiger partial charge in [0.15, 0.2) is 0 Å². The zero-order valence-corrected chi connectivity index (χ0v) is 7.86. The summed E-state index contributed by atoms with van der Waals surface area (Å²) in [5.41, 5.74) is 1.94. The summed E-state index contributed by atoms with van der Waals surface area (Å²) in [6.07, 6.45) is -1.30. The number of carboxylic acid groups (broad SMARTS) is 1. The fourth-order valence-corrected chi connectivity index (χ4v) is 0.745. The van der Waals surface area contributed by atoms with Crippen LogP contribution in [0.1, 0.15) is 0 Å². The molecule has 2 amide bonds. The number of rotatable bonds is 5. The molecule has 0 aliphatic rings. The fourth-order valence-electron chi connectivity index (χ4n) is 0.745. The number of amides is 2. The average molecular weight is 199 g/mol. The van der Waals surface area contributed by atoms with E-state index >= 15 is 0 Å². The predicted octanol–water partition coefficient (Wildman–Crippen LogP) is -1.43. The third-order valence-corrected chi connectivity index (χ3v) is 1.34. The first-order valence-corrected chi connectivity index (χ1v) is 3.93. The molecule has 0 aromatic heterocycles. The van der Waals surface area contributed by atoms with Crippen LogP contribution in [0.4, 0.5) is 4.79 Å². The molecular formula is C6H12BN4O3. The van der Waals surface area contributed by atoms with Gasteiger partial charge >= 0.3 is 81.7 Å². The molecular weight excluding hydrogens is 187 g/mol. The van der Waals surface area contributed by atoms with E-state index in [2.05, 4.69) is 10.2 Å². The van der Waals surface area contributed by atoms with Gasteiger partial charge in [-0.15, -0.1) is 0 Å². The van der Waals surface area contributed by atoms with Gasteiger partial charge in [-0.05, 0) is 0 Å². The van der Waals surface area contributed by atoms with E-state index in [1.807, 2.05) is 5.43 Å². The van der Waals surface area contributed by atoms with Gasteiger partial charge in [0.05, 0.1) is 0 Å². The first kappa shape index (κ1) is 12.6. The number of hydrogen-bond donors (Lipinski definition) is 3. The first-order chi connectivity index (χ1) is 6.61. The van der Waals surface area contributed by atoms with Crippen molar-refractivity contribution in [2.24, 2.45) is 4.90 Å². The van der Waals surface area contributed by atoms with Crippen LogP contribution < -0.4 is 10.7 Å². The van der Waals surface area contributed by atoms with Gasteiger partial charge in [0, 0.05) is 0 Å². The van der Waals surface area contributed by atoms with Crippen molar-refractivity contribution in [2.45, 2.75) is 0 Å². The van der Waals surface area contributed by atoms with Gasteiger partial charge < -0.3 is 0 Å². The van der Waals surface area contributed by atoms with Crippen molar-refractivity contribution in [3.63, 3.8) is 0 Å². The van der Waals surface area contributed by atoms with Crippen molar-refractivity contribution in [2.75, 3.05) is 26.7 Å². The van der Waals surface area contributed by atoms with Crippen LogP contribution in [-0.4, -0.2) is 56.4 Å². The zero-order chi connectivity index (χ0) is 11.0. The first-order valence-electron chi connectivity index (χ1n) is 3.93.